The maximum Gasteiger partial charge on any atom is 0.207 e. The first-order valence-electron chi connectivity index (χ1n) is 3.43. The molecule has 0 aromatic carbocycles. The van der Waals surface area contributed by atoms with E-state index in [-0.39, 0.29) is 11.7 Å². The normalized spacial score (nSPS) is 11.7. The summed E-state index contributed by atoms with van der Waals surface area (Å²) < 4.78 is 0. The third-order valence-corrected chi connectivity index (χ3v) is 1.32. The molecule has 0 saturated carbocycles. The highest BCUT2D eigenvalue weighted by Crippen LogP contribution is 1.98. The Labute approximate surface area is 69.9 Å². The number of aromatic nitrogens is 2. The maximum absolute atomic E-state index is 8.35. The zero-order chi connectivity index (χ0) is 9.14. The van der Waals surface area contributed by atoms with Crippen LogP contribution in [0, 0.1) is 13.8 Å². The second kappa shape index (κ2) is 3.17. The number of hydrogen-bond donors (Lipinski definition) is 2. The lowest BCUT2D eigenvalue weighted by atomic mass is 10.3. The number of rotatable bonds is 1. The molecule has 1 aromatic heterocycles. The molecule has 0 radical (unpaired) electrons. The number of nitrogens with zero attached hydrogens (tertiary/aromatic N) is 3. The van der Waals surface area contributed by atoms with E-state index in [4.69, 9.17) is 10.9 Å². The summed E-state index contributed by atoms with van der Waals surface area (Å²) in [7, 11) is 0. The molecule has 1 aromatic rings. The van der Waals surface area contributed by atoms with Crippen LogP contribution in [0.3, 0.4) is 0 Å². The summed E-state index contributed by atoms with van der Waals surface area (Å²) in [5.41, 5.74) is 6.90. The maximum atomic E-state index is 8.35. The van der Waals surface area contributed by atoms with Crippen LogP contribution in [-0.4, -0.2) is 21.0 Å². The van der Waals surface area contributed by atoms with E-state index in [9.17, 15) is 0 Å². The molecule has 0 amide bonds. The fourth-order valence-corrected chi connectivity index (χ4v) is 0.885. The van der Waals surface area contributed by atoms with Crippen LogP contribution in [0.25, 0.3) is 0 Å². The molecule has 64 valence electrons. The van der Waals surface area contributed by atoms with Crippen molar-refractivity contribution in [3.8, 4) is 0 Å². The molecular weight excluding hydrogens is 156 g/mol. The van der Waals surface area contributed by atoms with Gasteiger partial charge < -0.3 is 10.9 Å². The Morgan fingerprint density at radius 1 is 1.42 bits per heavy atom. The number of amidine groups is 1. The lowest BCUT2D eigenvalue weighted by molar-refractivity contribution is 0.318. The monoisotopic (exact) mass is 166 g/mol. The van der Waals surface area contributed by atoms with Gasteiger partial charge in [-0.1, -0.05) is 5.16 Å². The van der Waals surface area contributed by atoms with E-state index in [1.165, 1.54) is 0 Å². The molecule has 0 aliphatic heterocycles. The average molecular weight is 166 g/mol. The van der Waals surface area contributed by atoms with Gasteiger partial charge in [-0.2, -0.15) is 0 Å². The van der Waals surface area contributed by atoms with Crippen molar-refractivity contribution < 1.29 is 5.21 Å². The summed E-state index contributed by atoms with van der Waals surface area (Å²) in [4.78, 5) is 7.96. The van der Waals surface area contributed by atoms with Crippen molar-refractivity contribution >= 4 is 5.84 Å². The second-order valence-electron chi connectivity index (χ2n) is 2.46. The van der Waals surface area contributed by atoms with Crippen molar-refractivity contribution in [1.29, 1.82) is 0 Å². The SMILES string of the molecule is Cc1cc(C)nc(C(N)=NO)n1. The number of nitrogens with two attached hydrogens (primary N) is 1. The van der Waals surface area contributed by atoms with Gasteiger partial charge in [0.05, 0.1) is 0 Å². The number of hydrogen-bond acceptors (Lipinski definition) is 4. The summed E-state index contributed by atoms with van der Waals surface area (Å²) in [5.74, 6) is 0.191. The molecule has 0 aliphatic carbocycles. The molecule has 12 heavy (non-hydrogen) atoms. The van der Waals surface area contributed by atoms with Crippen LogP contribution < -0.4 is 5.73 Å². The van der Waals surface area contributed by atoms with E-state index in [0.29, 0.717) is 0 Å². The van der Waals surface area contributed by atoms with Gasteiger partial charge in [0, 0.05) is 11.4 Å². The number of aryl methyl sites for hydroxylation is 2. The Morgan fingerprint density at radius 2 is 1.92 bits per heavy atom. The van der Waals surface area contributed by atoms with Crippen LogP contribution in [-0.2, 0) is 0 Å². The van der Waals surface area contributed by atoms with Crippen molar-refractivity contribution in [2.45, 2.75) is 13.8 Å². The third-order valence-electron chi connectivity index (χ3n) is 1.32. The Kier molecular flexibility index (Phi) is 2.23. The zero-order valence-corrected chi connectivity index (χ0v) is 6.94. The minimum atomic E-state index is -0.0678. The largest absolute Gasteiger partial charge is 0.409 e. The molecule has 0 spiro atoms. The molecule has 3 N–H and O–H groups in total. The van der Waals surface area contributed by atoms with E-state index in [1.807, 2.05) is 19.9 Å². The summed E-state index contributed by atoms with van der Waals surface area (Å²) in [6.07, 6.45) is 0. The molecule has 1 heterocycles. The molecule has 0 atom stereocenters. The predicted molar refractivity (Wildman–Crippen MR) is 44.0 cm³/mol. The summed E-state index contributed by atoms with van der Waals surface area (Å²) in [6, 6.07) is 1.81. The standard InChI is InChI=1S/C7H10N4O/c1-4-3-5(2)10-7(9-4)6(8)11-12/h3,12H,1-2H3,(H2,8,11). The molecule has 0 bridgehead atoms. The highest BCUT2D eigenvalue weighted by molar-refractivity contribution is 5.93. The van der Waals surface area contributed by atoms with Gasteiger partial charge in [-0.25, -0.2) is 9.97 Å². The topological polar surface area (TPSA) is 84.4 Å². The van der Waals surface area contributed by atoms with Crippen LogP contribution in [0.2, 0.25) is 0 Å². The van der Waals surface area contributed by atoms with Crippen LogP contribution in [0.15, 0.2) is 11.2 Å². The van der Waals surface area contributed by atoms with Gasteiger partial charge in [-0.3, -0.25) is 0 Å². The van der Waals surface area contributed by atoms with Gasteiger partial charge in [0.25, 0.3) is 0 Å². The van der Waals surface area contributed by atoms with Crippen molar-refractivity contribution in [3.05, 3.63) is 23.3 Å². The van der Waals surface area contributed by atoms with Crippen LogP contribution in [0.5, 0.6) is 0 Å². The van der Waals surface area contributed by atoms with Crippen LogP contribution >= 0.6 is 0 Å². The third kappa shape index (κ3) is 1.69. The fraction of sp³-hybridized carbons (Fsp3) is 0.286. The van der Waals surface area contributed by atoms with Crippen molar-refractivity contribution in [3.63, 3.8) is 0 Å². The van der Waals surface area contributed by atoms with Crippen LogP contribution in [0.1, 0.15) is 17.2 Å². The minimum absolute atomic E-state index is 0.0678. The molecule has 5 heteroatoms. The fourth-order valence-electron chi connectivity index (χ4n) is 0.885. The van der Waals surface area contributed by atoms with E-state index < -0.39 is 0 Å². The lowest BCUT2D eigenvalue weighted by Gasteiger charge is -1.99. The van der Waals surface area contributed by atoms with E-state index >= 15 is 0 Å². The first-order chi connectivity index (χ1) is 5.63. The van der Waals surface area contributed by atoms with Gasteiger partial charge >= 0.3 is 0 Å². The average Bonchev–Trinajstić information content (AvgIpc) is 2.01. The van der Waals surface area contributed by atoms with Gasteiger partial charge in [0.2, 0.25) is 5.84 Å². The predicted octanol–water partition coefficient (Wildman–Crippen LogP) is 0.188. The lowest BCUT2D eigenvalue weighted by Crippen LogP contribution is -2.17. The smallest absolute Gasteiger partial charge is 0.207 e. The van der Waals surface area contributed by atoms with Crippen molar-refractivity contribution in [1.82, 2.24) is 9.97 Å². The Hall–Kier alpha value is -1.65. The summed E-state index contributed by atoms with van der Waals surface area (Å²) >= 11 is 0. The molecule has 0 unspecified atom stereocenters. The quantitative estimate of drug-likeness (QED) is 0.270. The highest BCUT2D eigenvalue weighted by Gasteiger charge is 2.03. The Balaban J connectivity index is 3.17. The van der Waals surface area contributed by atoms with Crippen molar-refractivity contribution in [2.24, 2.45) is 10.9 Å². The van der Waals surface area contributed by atoms with E-state index in [0.717, 1.165) is 11.4 Å². The minimum Gasteiger partial charge on any atom is -0.409 e. The number of oxime groups is 1. The summed E-state index contributed by atoms with van der Waals surface area (Å²) in [5, 5.41) is 11.2. The van der Waals surface area contributed by atoms with Gasteiger partial charge in [-0.05, 0) is 19.9 Å². The Morgan fingerprint density at radius 3 is 2.33 bits per heavy atom. The molecule has 0 saturated heterocycles. The van der Waals surface area contributed by atoms with Gasteiger partial charge in [-0.15, -0.1) is 0 Å². The molecular formula is C7H10N4O. The van der Waals surface area contributed by atoms with Gasteiger partial charge in [0.15, 0.2) is 5.82 Å². The van der Waals surface area contributed by atoms with Crippen LogP contribution in [0.4, 0.5) is 0 Å². The first-order valence-corrected chi connectivity index (χ1v) is 3.43. The molecule has 0 aliphatic rings. The Bertz CT molecular complexity index is 301. The second-order valence-corrected chi connectivity index (χ2v) is 2.46. The van der Waals surface area contributed by atoms with E-state index in [1.54, 1.807) is 0 Å². The molecule has 1 rings (SSSR count). The molecule has 5 nitrogen and oxygen atoms in total. The van der Waals surface area contributed by atoms with E-state index in [2.05, 4.69) is 15.1 Å². The van der Waals surface area contributed by atoms with Gasteiger partial charge in [0.1, 0.15) is 0 Å². The summed E-state index contributed by atoms with van der Waals surface area (Å²) in [6.45, 7) is 3.64. The highest BCUT2D eigenvalue weighted by atomic mass is 16.4. The first kappa shape index (κ1) is 8.45. The molecule has 0 fully saturated rings. The van der Waals surface area contributed by atoms with Crippen molar-refractivity contribution in [2.75, 3.05) is 0 Å². The zero-order valence-electron chi connectivity index (χ0n) is 6.94.